The molecule has 57 valence electrons. The van der Waals surface area contributed by atoms with Gasteiger partial charge in [0, 0.05) is 0 Å². The Morgan fingerprint density at radius 2 is 2.00 bits per heavy atom. The molecule has 0 unspecified atom stereocenters. The molecule has 0 amide bonds. The number of hydrogen-bond donors (Lipinski definition) is 0. The molecule has 0 fully saturated rings. The Labute approximate surface area is 88.8 Å². The van der Waals surface area contributed by atoms with Gasteiger partial charge in [-0.25, -0.2) is 0 Å². The molecule has 2 rings (SSSR count). The van der Waals surface area contributed by atoms with Crippen LogP contribution in [0.4, 0.5) is 0 Å². The molecule has 0 saturated carbocycles. The molecule has 2 aromatic rings. The van der Waals surface area contributed by atoms with E-state index in [-0.39, 0.29) is 0 Å². The average Bonchev–Trinajstić information content (AvgIpc) is 2.04. The Morgan fingerprint density at radius 1 is 1.25 bits per heavy atom. The number of nitrogens with zero attached hydrogens (tertiary/aromatic N) is 1. The van der Waals surface area contributed by atoms with Gasteiger partial charge in [0.1, 0.15) is 0 Å². The summed E-state index contributed by atoms with van der Waals surface area (Å²) in [6.07, 6.45) is 0. The van der Waals surface area contributed by atoms with Gasteiger partial charge in [0.2, 0.25) is 0 Å². The summed E-state index contributed by atoms with van der Waals surface area (Å²) in [6.45, 7) is 0. The molecule has 0 aliphatic rings. The second-order valence-corrected chi connectivity index (χ2v) is 4.25. The average molecular weight is 281 g/mol. The van der Waals surface area contributed by atoms with Crippen molar-refractivity contribution in [3.8, 4) is 0 Å². The first-order valence-electron chi connectivity index (χ1n) is 3.54. The van der Waals surface area contributed by atoms with Crippen LogP contribution in [0.5, 0.6) is 0 Å². The van der Waals surface area contributed by atoms with E-state index in [2.05, 4.69) is 17.1 Å². The summed E-state index contributed by atoms with van der Waals surface area (Å²) in [7, 11) is 0. The zero-order valence-corrected chi connectivity index (χ0v) is 9.82. The van der Waals surface area contributed by atoms with Gasteiger partial charge in [-0.05, 0) is 0 Å². The van der Waals surface area contributed by atoms with Crippen LogP contribution in [0.1, 0.15) is 0 Å². The van der Waals surface area contributed by atoms with E-state index in [9.17, 15) is 0 Å². The third-order valence-electron chi connectivity index (χ3n) is 1.71. The Bertz CT molecular complexity index is 428. The van der Waals surface area contributed by atoms with Crippen molar-refractivity contribution in [1.29, 1.82) is 0 Å². The summed E-state index contributed by atoms with van der Waals surface area (Å²) in [6, 6.07) is 10.0. The van der Waals surface area contributed by atoms with Crippen LogP contribution >= 0.6 is 11.6 Å². The fraction of sp³-hybridized carbons (Fsp3) is 0. The monoisotopic (exact) mass is 282 g/mol. The van der Waals surface area contributed by atoms with Gasteiger partial charge < -0.3 is 0 Å². The van der Waals surface area contributed by atoms with Gasteiger partial charge in [-0.1, -0.05) is 0 Å². The van der Waals surface area contributed by atoms with Gasteiger partial charge in [0.05, 0.1) is 0 Å². The van der Waals surface area contributed by atoms with E-state index in [0.29, 0.717) is 5.15 Å². The summed E-state index contributed by atoms with van der Waals surface area (Å²) in [5, 5.41) is 2.96. The predicted molar refractivity (Wildman–Crippen MR) is 52.1 cm³/mol. The Balaban J connectivity index is 2.89. The molecule has 0 aliphatic carbocycles. The number of rotatable bonds is 0. The first-order valence-corrected chi connectivity index (χ1v) is 5.35. The number of fused-ring (bicyclic) bond motifs is 1. The molecule has 0 bridgehead atoms. The second-order valence-electron chi connectivity index (χ2n) is 2.51. The van der Waals surface area contributed by atoms with Crippen molar-refractivity contribution in [2.24, 2.45) is 0 Å². The maximum absolute atomic E-state index is 5.83. The van der Waals surface area contributed by atoms with Crippen LogP contribution in [-0.2, 0) is 0 Å². The van der Waals surface area contributed by atoms with Gasteiger partial charge in [-0.2, -0.15) is 0 Å². The standard InChI is InChI=1S/C9H5ClN.Sn/c10-9-5-7-3-1-2-4-8(7)6-11-9;/h1-5H;. The molecule has 0 aliphatic heterocycles. The molecular formula is C9H5ClNSn. The van der Waals surface area contributed by atoms with E-state index in [0.717, 1.165) is 3.71 Å². The third kappa shape index (κ3) is 1.43. The quantitative estimate of drug-likeness (QED) is 0.529. The molecule has 12 heavy (non-hydrogen) atoms. The van der Waals surface area contributed by atoms with Crippen molar-refractivity contribution in [3.05, 3.63) is 35.5 Å². The molecule has 3 heteroatoms. The molecule has 0 atom stereocenters. The second kappa shape index (κ2) is 3.22. The van der Waals surface area contributed by atoms with Crippen LogP contribution in [0.2, 0.25) is 5.15 Å². The molecular weight excluding hydrogens is 276 g/mol. The van der Waals surface area contributed by atoms with Crippen molar-refractivity contribution >= 4 is 48.6 Å². The first-order chi connectivity index (χ1) is 5.77. The predicted octanol–water partition coefficient (Wildman–Crippen LogP) is 1.68. The van der Waals surface area contributed by atoms with Crippen LogP contribution in [-0.4, -0.2) is 27.5 Å². The van der Waals surface area contributed by atoms with Crippen LogP contribution < -0.4 is 3.71 Å². The summed E-state index contributed by atoms with van der Waals surface area (Å²) in [5.41, 5.74) is 0. The Hall–Kier alpha value is -0.281. The zero-order chi connectivity index (χ0) is 8.55. The van der Waals surface area contributed by atoms with Gasteiger partial charge in [-0.3, -0.25) is 0 Å². The van der Waals surface area contributed by atoms with Gasteiger partial charge in [0.15, 0.2) is 0 Å². The zero-order valence-electron chi connectivity index (χ0n) is 6.21. The molecule has 1 nitrogen and oxygen atoms in total. The molecule has 0 saturated heterocycles. The van der Waals surface area contributed by atoms with Crippen molar-refractivity contribution < 1.29 is 0 Å². The van der Waals surface area contributed by atoms with Crippen molar-refractivity contribution in [2.75, 3.05) is 0 Å². The van der Waals surface area contributed by atoms with Crippen molar-refractivity contribution in [1.82, 2.24) is 4.98 Å². The summed E-state index contributed by atoms with van der Waals surface area (Å²) >= 11 is 7.13. The van der Waals surface area contributed by atoms with E-state index < -0.39 is 0 Å². The molecule has 1 aromatic heterocycles. The van der Waals surface area contributed by atoms with Crippen molar-refractivity contribution in [3.63, 3.8) is 0 Å². The fourth-order valence-corrected chi connectivity index (χ4v) is 2.56. The first kappa shape index (κ1) is 8.32. The Morgan fingerprint density at radius 3 is 2.83 bits per heavy atom. The van der Waals surface area contributed by atoms with E-state index in [1.165, 1.54) is 33.3 Å². The fourth-order valence-electron chi connectivity index (χ4n) is 1.17. The number of aromatic nitrogens is 1. The number of pyridine rings is 1. The molecule has 0 spiro atoms. The van der Waals surface area contributed by atoms with Gasteiger partial charge in [0.25, 0.3) is 0 Å². The van der Waals surface area contributed by atoms with E-state index in [1.54, 1.807) is 0 Å². The van der Waals surface area contributed by atoms with Crippen molar-refractivity contribution in [2.45, 2.75) is 0 Å². The number of halogens is 1. The summed E-state index contributed by atoms with van der Waals surface area (Å²) in [4.78, 5) is 4.21. The van der Waals surface area contributed by atoms with Crippen LogP contribution in [0, 0.1) is 0 Å². The molecule has 3 radical (unpaired) electrons. The van der Waals surface area contributed by atoms with E-state index in [1.807, 2.05) is 18.2 Å². The Kier molecular flexibility index (Phi) is 2.24. The molecule has 1 heterocycles. The SMILES string of the molecule is Clc1cc2ccccc2[c]([Sn])n1. The third-order valence-corrected chi connectivity index (χ3v) is 2.99. The topological polar surface area (TPSA) is 12.9 Å². The maximum atomic E-state index is 5.83. The molecule has 0 N–H and O–H groups in total. The van der Waals surface area contributed by atoms with E-state index in [4.69, 9.17) is 11.6 Å². The van der Waals surface area contributed by atoms with Gasteiger partial charge >= 0.3 is 89.1 Å². The molecule has 1 aromatic carbocycles. The summed E-state index contributed by atoms with van der Waals surface area (Å²) < 4.78 is 1.07. The van der Waals surface area contributed by atoms with Crippen LogP contribution in [0.3, 0.4) is 0 Å². The number of benzene rings is 1. The van der Waals surface area contributed by atoms with Crippen LogP contribution in [0.15, 0.2) is 30.3 Å². The number of hydrogen-bond acceptors (Lipinski definition) is 1. The normalized spacial score (nSPS) is 10.5. The van der Waals surface area contributed by atoms with Crippen LogP contribution in [0.25, 0.3) is 10.8 Å². The minimum absolute atomic E-state index is 0.584. The minimum atomic E-state index is 0.584. The van der Waals surface area contributed by atoms with Gasteiger partial charge in [-0.15, -0.1) is 0 Å². The van der Waals surface area contributed by atoms with E-state index >= 15 is 0 Å². The summed E-state index contributed by atoms with van der Waals surface area (Å²) in [5.74, 6) is 0.